The molecule has 0 radical (unpaired) electrons. The van der Waals surface area contributed by atoms with Crippen LogP contribution in [0, 0.1) is 0 Å². The Morgan fingerprint density at radius 3 is 2.62 bits per heavy atom. The topological polar surface area (TPSA) is 46.2 Å². The summed E-state index contributed by atoms with van der Waals surface area (Å²) >= 11 is 10.9. The maximum absolute atomic E-state index is 11.0. The van der Waals surface area contributed by atoms with Crippen molar-refractivity contribution in [1.29, 1.82) is 0 Å². The summed E-state index contributed by atoms with van der Waals surface area (Å²) in [5, 5.41) is 3.33. The molecule has 0 saturated carbocycles. The summed E-state index contributed by atoms with van der Waals surface area (Å²) in [5.74, 6) is 0.309. The zero-order valence-electron chi connectivity index (χ0n) is 7.39. The van der Waals surface area contributed by atoms with Crippen molar-refractivity contribution in [2.45, 2.75) is 6.92 Å². The molecule has 1 N–H and O–H groups in total. The molecule has 78 valence electrons. The molecule has 0 aromatic carbocycles. The predicted molar refractivity (Wildman–Crippen MR) is 57.0 cm³/mol. The number of nitrogens with one attached hydrogen (secondary N) is 1. The number of halogens is 2. The van der Waals surface area contributed by atoms with Gasteiger partial charge in [-0.1, -0.05) is 30.1 Å². The lowest BCUT2D eigenvalue weighted by atomic mass is 10.6. The summed E-state index contributed by atoms with van der Waals surface area (Å²) in [7, 11) is -2.88. The van der Waals surface area contributed by atoms with Crippen LogP contribution in [0.1, 0.15) is 6.92 Å². The highest BCUT2D eigenvalue weighted by Gasteiger charge is 2.05. The lowest BCUT2D eigenvalue weighted by Gasteiger charge is -2.02. The van der Waals surface area contributed by atoms with E-state index in [4.69, 9.17) is 23.2 Å². The average Bonchev–Trinajstić information content (AvgIpc) is 2.12. The number of rotatable bonds is 6. The van der Waals surface area contributed by atoms with Crippen LogP contribution in [0.4, 0.5) is 0 Å². The van der Waals surface area contributed by atoms with Crippen LogP contribution in [-0.2, 0) is 9.84 Å². The monoisotopic (exact) mass is 245 g/mol. The second-order valence-corrected chi connectivity index (χ2v) is 5.65. The number of hydrogen-bond acceptors (Lipinski definition) is 3. The first-order valence-electron chi connectivity index (χ1n) is 3.87. The molecule has 0 rings (SSSR count). The van der Waals surface area contributed by atoms with Crippen LogP contribution in [0.2, 0.25) is 0 Å². The molecule has 0 fully saturated rings. The van der Waals surface area contributed by atoms with E-state index in [0.717, 1.165) is 0 Å². The fraction of sp³-hybridized carbons (Fsp3) is 0.714. The number of sulfone groups is 1. The first-order chi connectivity index (χ1) is 6.02. The van der Waals surface area contributed by atoms with Gasteiger partial charge in [-0.15, -0.1) is 0 Å². The van der Waals surface area contributed by atoms with Gasteiger partial charge in [-0.25, -0.2) is 8.42 Å². The van der Waals surface area contributed by atoms with E-state index < -0.39 is 9.84 Å². The Morgan fingerprint density at radius 2 is 2.15 bits per heavy atom. The first kappa shape index (κ1) is 13.2. The molecule has 0 saturated heterocycles. The summed E-state index contributed by atoms with van der Waals surface area (Å²) in [6.45, 7) is 2.43. The van der Waals surface area contributed by atoms with Crippen LogP contribution in [0.25, 0.3) is 0 Å². The molecule has 0 bridgehead atoms. The van der Waals surface area contributed by atoms with Gasteiger partial charge >= 0.3 is 0 Å². The quantitative estimate of drug-likeness (QED) is 0.719. The van der Waals surface area contributed by atoms with E-state index in [9.17, 15) is 8.42 Å². The Morgan fingerprint density at radius 1 is 1.54 bits per heavy atom. The van der Waals surface area contributed by atoms with E-state index in [1.54, 1.807) is 6.92 Å². The van der Waals surface area contributed by atoms with Gasteiger partial charge in [-0.3, -0.25) is 0 Å². The van der Waals surface area contributed by atoms with Gasteiger partial charge in [0.15, 0.2) is 9.84 Å². The fourth-order valence-electron chi connectivity index (χ4n) is 0.618. The normalized spacial score (nSPS) is 13.3. The summed E-state index contributed by atoms with van der Waals surface area (Å²) in [4.78, 5) is 0. The van der Waals surface area contributed by atoms with Crippen LogP contribution in [0.3, 0.4) is 0 Å². The molecule has 0 aliphatic heterocycles. The minimum Gasteiger partial charge on any atom is -0.311 e. The molecule has 0 aromatic heterocycles. The van der Waals surface area contributed by atoms with Crippen molar-refractivity contribution in [3.8, 4) is 0 Å². The zero-order chi connectivity index (χ0) is 10.3. The molecule has 0 aliphatic carbocycles. The van der Waals surface area contributed by atoms with Crippen molar-refractivity contribution in [1.82, 2.24) is 5.32 Å². The van der Waals surface area contributed by atoms with Gasteiger partial charge in [0.05, 0.1) is 5.75 Å². The van der Waals surface area contributed by atoms with Crippen molar-refractivity contribution in [2.75, 3.05) is 24.6 Å². The van der Waals surface area contributed by atoms with E-state index in [1.807, 2.05) is 0 Å². The Labute approximate surface area is 89.0 Å². The lowest BCUT2D eigenvalue weighted by molar-refractivity contribution is 0.594. The third-order valence-corrected chi connectivity index (χ3v) is 3.77. The van der Waals surface area contributed by atoms with Crippen molar-refractivity contribution in [2.24, 2.45) is 0 Å². The Balaban J connectivity index is 3.59. The van der Waals surface area contributed by atoms with Gasteiger partial charge in [0.1, 0.15) is 0 Å². The summed E-state index contributed by atoms with van der Waals surface area (Å²) in [5.41, 5.74) is 1.25. The van der Waals surface area contributed by atoms with Crippen LogP contribution in [0.15, 0.2) is 10.6 Å². The first-order valence-corrected chi connectivity index (χ1v) is 6.51. The largest absolute Gasteiger partial charge is 0.311 e. The Hall–Kier alpha value is 0.230. The molecule has 13 heavy (non-hydrogen) atoms. The van der Waals surface area contributed by atoms with E-state index in [0.29, 0.717) is 18.1 Å². The number of hydrogen-bond donors (Lipinski definition) is 1. The molecule has 0 amide bonds. The summed E-state index contributed by atoms with van der Waals surface area (Å²) in [6.07, 6.45) is 0. The molecule has 0 aliphatic rings. The lowest BCUT2D eigenvalue weighted by Crippen LogP contribution is -2.24. The predicted octanol–water partition coefficient (Wildman–Crippen LogP) is 1.33. The van der Waals surface area contributed by atoms with Gasteiger partial charge in [-0.2, -0.15) is 0 Å². The summed E-state index contributed by atoms with van der Waals surface area (Å²) < 4.78 is 22.0. The molecule has 0 spiro atoms. The van der Waals surface area contributed by atoms with Crippen molar-refractivity contribution < 1.29 is 8.42 Å². The fourth-order valence-corrected chi connectivity index (χ4v) is 1.53. The van der Waals surface area contributed by atoms with Crippen molar-refractivity contribution in [3.63, 3.8) is 0 Å². The van der Waals surface area contributed by atoms with E-state index in [2.05, 4.69) is 5.32 Å². The van der Waals surface area contributed by atoms with Gasteiger partial charge in [-0.05, 0) is 0 Å². The van der Waals surface area contributed by atoms with Gasteiger partial charge in [0.2, 0.25) is 0 Å². The summed E-state index contributed by atoms with van der Waals surface area (Å²) in [6, 6.07) is 0. The molecule has 0 unspecified atom stereocenters. The minimum absolute atomic E-state index is 0.135. The van der Waals surface area contributed by atoms with Crippen LogP contribution in [0.5, 0.6) is 0 Å². The Kier molecular flexibility index (Phi) is 6.77. The van der Waals surface area contributed by atoms with E-state index in [1.165, 1.54) is 5.54 Å². The zero-order valence-corrected chi connectivity index (χ0v) is 9.71. The third-order valence-electron chi connectivity index (χ3n) is 1.44. The SMILES string of the molecule is CCS(=O)(=O)CCNCC(Cl)=CCl. The van der Waals surface area contributed by atoms with Crippen molar-refractivity contribution in [3.05, 3.63) is 10.6 Å². The van der Waals surface area contributed by atoms with Gasteiger partial charge in [0, 0.05) is 29.4 Å². The molecule has 3 nitrogen and oxygen atoms in total. The second kappa shape index (κ2) is 6.65. The Bertz CT molecular complexity index is 262. The minimum atomic E-state index is -2.88. The van der Waals surface area contributed by atoms with Gasteiger partial charge in [0.25, 0.3) is 0 Å². The van der Waals surface area contributed by atoms with Crippen LogP contribution >= 0.6 is 23.2 Å². The third kappa shape index (κ3) is 7.31. The molecule has 0 aromatic rings. The highest BCUT2D eigenvalue weighted by Crippen LogP contribution is 1.99. The van der Waals surface area contributed by atoms with Gasteiger partial charge < -0.3 is 5.32 Å². The smallest absolute Gasteiger partial charge is 0.151 e. The molecule has 0 atom stereocenters. The molecule has 0 heterocycles. The highest BCUT2D eigenvalue weighted by atomic mass is 35.5. The van der Waals surface area contributed by atoms with E-state index in [-0.39, 0.29) is 11.5 Å². The van der Waals surface area contributed by atoms with Crippen molar-refractivity contribution >= 4 is 33.0 Å². The van der Waals surface area contributed by atoms with Crippen LogP contribution in [-0.4, -0.2) is 33.0 Å². The molecular formula is C7H13Cl2NO2S. The second-order valence-electron chi connectivity index (χ2n) is 2.47. The average molecular weight is 246 g/mol. The van der Waals surface area contributed by atoms with E-state index >= 15 is 0 Å². The maximum Gasteiger partial charge on any atom is 0.151 e. The maximum atomic E-state index is 11.0. The highest BCUT2D eigenvalue weighted by molar-refractivity contribution is 7.91. The standard InChI is InChI=1S/C7H13Cl2NO2S/c1-2-13(11,12)4-3-10-6-7(9)5-8/h5,10H,2-4,6H2,1H3. The molecular weight excluding hydrogens is 233 g/mol. The van der Waals surface area contributed by atoms with Crippen LogP contribution < -0.4 is 5.32 Å². The molecule has 6 heteroatoms.